The van der Waals surface area contributed by atoms with Crippen LogP contribution in [0.2, 0.25) is 5.02 Å². The molecule has 1 N–H and O–H groups in total. The van der Waals surface area contributed by atoms with Crippen LogP contribution in [-0.4, -0.2) is 21.6 Å². The molecule has 0 spiro atoms. The molecule has 0 saturated carbocycles. The lowest BCUT2D eigenvalue weighted by molar-refractivity contribution is 0.370. The van der Waals surface area contributed by atoms with Gasteiger partial charge in [-0.3, -0.25) is 0 Å². The van der Waals surface area contributed by atoms with Gasteiger partial charge in [-0.2, -0.15) is 4.72 Å². The van der Waals surface area contributed by atoms with E-state index in [4.69, 9.17) is 16.3 Å². The zero-order valence-corrected chi connectivity index (χ0v) is 15.5. The van der Waals surface area contributed by atoms with Crippen LogP contribution in [0, 0.1) is 11.8 Å². The van der Waals surface area contributed by atoms with Gasteiger partial charge in [-0.15, -0.1) is 0 Å². The third-order valence-corrected chi connectivity index (χ3v) is 5.11. The molecule has 0 aromatic heterocycles. The molecule has 0 aliphatic rings. The molecule has 4 nitrogen and oxygen atoms in total. The summed E-state index contributed by atoms with van der Waals surface area (Å²) in [5.41, 5.74) is 1.12. The van der Waals surface area contributed by atoms with Crippen molar-refractivity contribution >= 4 is 21.6 Å². The number of nitrogens with one attached hydrogen (secondary N) is 1. The Morgan fingerprint density at radius 2 is 1.80 bits per heavy atom. The number of hydrogen-bond donors (Lipinski definition) is 1. The number of halogens is 1. The van der Waals surface area contributed by atoms with Gasteiger partial charge >= 0.3 is 0 Å². The van der Waals surface area contributed by atoms with Crippen molar-refractivity contribution in [2.75, 3.05) is 13.2 Å². The van der Waals surface area contributed by atoms with Crippen molar-refractivity contribution in [3.05, 3.63) is 59.1 Å². The largest absolute Gasteiger partial charge is 0.479 e. The highest BCUT2D eigenvalue weighted by molar-refractivity contribution is 7.89. The van der Waals surface area contributed by atoms with E-state index in [-0.39, 0.29) is 18.0 Å². The van der Waals surface area contributed by atoms with Gasteiger partial charge < -0.3 is 4.74 Å². The van der Waals surface area contributed by atoms with E-state index >= 15 is 0 Å². The lowest BCUT2D eigenvalue weighted by Crippen LogP contribution is -2.24. The predicted molar refractivity (Wildman–Crippen MR) is 100 cm³/mol. The maximum Gasteiger partial charge on any atom is 0.241 e. The highest BCUT2D eigenvalue weighted by Gasteiger charge is 2.12. The topological polar surface area (TPSA) is 55.4 Å². The van der Waals surface area contributed by atoms with Crippen molar-refractivity contribution in [3.63, 3.8) is 0 Å². The normalized spacial score (nSPS) is 10.8. The summed E-state index contributed by atoms with van der Waals surface area (Å²) in [6, 6.07) is 14.0. The predicted octanol–water partition coefficient (Wildman–Crippen LogP) is 3.65. The number of rotatable bonds is 7. The lowest BCUT2D eigenvalue weighted by atomic mass is 10.1. The fourth-order valence-corrected chi connectivity index (χ4v) is 3.24. The molecule has 2 aromatic rings. The van der Waals surface area contributed by atoms with E-state index in [0.717, 1.165) is 18.4 Å². The van der Waals surface area contributed by atoms with Gasteiger partial charge in [-0.05, 0) is 36.2 Å². The summed E-state index contributed by atoms with van der Waals surface area (Å²) in [5.74, 6) is 6.02. The number of hydrogen-bond acceptors (Lipinski definition) is 3. The summed E-state index contributed by atoms with van der Waals surface area (Å²) in [4.78, 5) is 0.237. The molecule has 0 amide bonds. The Labute approximate surface area is 154 Å². The first-order valence-electron chi connectivity index (χ1n) is 7.94. The zero-order chi connectivity index (χ0) is 18.1. The molecule has 0 heterocycles. The second-order valence-electron chi connectivity index (χ2n) is 5.29. The molecule has 2 rings (SSSR count). The molecule has 25 heavy (non-hydrogen) atoms. The molecule has 0 atom stereocenters. The van der Waals surface area contributed by atoms with Crippen LogP contribution >= 0.6 is 11.6 Å². The van der Waals surface area contributed by atoms with Crippen LogP contribution in [0.5, 0.6) is 5.75 Å². The summed E-state index contributed by atoms with van der Waals surface area (Å²) in [6.45, 7) is 2.24. The molecule has 0 aliphatic heterocycles. The number of para-hydroxylation sites is 1. The number of sulfonamides is 1. The van der Waals surface area contributed by atoms with Gasteiger partial charge in [0.1, 0.15) is 12.4 Å². The first-order valence-corrected chi connectivity index (χ1v) is 9.80. The second kappa shape index (κ2) is 9.47. The van der Waals surface area contributed by atoms with E-state index in [2.05, 4.69) is 23.5 Å². The SMILES string of the molecule is CCCc1ccc(S(=O)(=O)NCC#CCOc2ccccc2Cl)cc1. The van der Waals surface area contributed by atoms with Gasteiger partial charge in [0.15, 0.2) is 0 Å². The van der Waals surface area contributed by atoms with Crippen molar-refractivity contribution in [1.82, 2.24) is 4.72 Å². The highest BCUT2D eigenvalue weighted by atomic mass is 35.5. The minimum absolute atomic E-state index is 0.0188. The Balaban J connectivity index is 1.83. The van der Waals surface area contributed by atoms with Gasteiger partial charge in [-0.1, -0.05) is 61.1 Å². The summed E-state index contributed by atoms with van der Waals surface area (Å²) in [5, 5.41) is 0.511. The molecule has 0 fully saturated rings. The number of aryl methyl sites for hydroxylation is 1. The van der Waals surface area contributed by atoms with Gasteiger partial charge in [-0.25, -0.2) is 8.42 Å². The van der Waals surface area contributed by atoms with E-state index in [9.17, 15) is 8.42 Å². The van der Waals surface area contributed by atoms with E-state index in [1.54, 1.807) is 24.3 Å². The quantitative estimate of drug-likeness (QED) is 0.749. The number of benzene rings is 2. The molecular weight excluding hydrogens is 358 g/mol. The Kier molecular flexibility index (Phi) is 7.32. The Bertz CT molecular complexity index is 852. The average Bonchev–Trinajstić information content (AvgIpc) is 2.60. The van der Waals surface area contributed by atoms with Crippen LogP contribution in [0.4, 0.5) is 0 Å². The van der Waals surface area contributed by atoms with Crippen molar-refractivity contribution in [2.24, 2.45) is 0 Å². The van der Waals surface area contributed by atoms with Crippen LogP contribution in [0.1, 0.15) is 18.9 Å². The second-order valence-corrected chi connectivity index (χ2v) is 7.47. The van der Waals surface area contributed by atoms with Gasteiger partial charge in [0.05, 0.1) is 16.5 Å². The molecular formula is C19H20ClNO3S. The first kappa shape index (κ1) is 19.3. The summed E-state index contributed by atoms with van der Waals surface area (Å²) >= 11 is 5.96. The third-order valence-electron chi connectivity index (χ3n) is 3.38. The lowest BCUT2D eigenvalue weighted by Gasteiger charge is -2.05. The van der Waals surface area contributed by atoms with Gasteiger partial charge in [0, 0.05) is 0 Å². The monoisotopic (exact) mass is 377 g/mol. The van der Waals surface area contributed by atoms with Crippen molar-refractivity contribution in [1.29, 1.82) is 0 Å². The zero-order valence-electron chi connectivity index (χ0n) is 14.0. The smallest absolute Gasteiger partial charge is 0.241 e. The molecule has 132 valence electrons. The summed E-state index contributed by atoms with van der Waals surface area (Å²) < 4.78 is 32.2. The Morgan fingerprint density at radius 1 is 1.08 bits per heavy atom. The van der Waals surface area contributed by atoms with Crippen LogP contribution in [0.25, 0.3) is 0 Å². The molecule has 0 radical (unpaired) electrons. The fraction of sp³-hybridized carbons (Fsp3) is 0.263. The molecule has 0 unspecified atom stereocenters. The van der Waals surface area contributed by atoms with Crippen LogP contribution in [0.15, 0.2) is 53.4 Å². The Hall–Kier alpha value is -2.00. The molecule has 0 bridgehead atoms. The van der Waals surface area contributed by atoms with E-state index < -0.39 is 10.0 Å². The first-order chi connectivity index (χ1) is 12.0. The van der Waals surface area contributed by atoms with Crippen LogP contribution < -0.4 is 9.46 Å². The molecule has 0 saturated heterocycles. The van der Waals surface area contributed by atoms with E-state index in [1.165, 1.54) is 0 Å². The van der Waals surface area contributed by atoms with E-state index in [0.29, 0.717) is 10.8 Å². The standard InChI is InChI=1S/C19H20ClNO3S/c1-2-7-16-10-12-17(13-11-16)25(22,23)21-14-5-6-15-24-19-9-4-3-8-18(19)20/h3-4,8-13,21H,2,7,14-15H2,1H3. The van der Waals surface area contributed by atoms with E-state index in [1.807, 2.05) is 24.3 Å². The van der Waals surface area contributed by atoms with Crippen LogP contribution in [-0.2, 0) is 16.4 Å². The molecule has 2 aromatic carbocycles. The van der Waals surface area contributed by atoms with Gasteiger partial charge in [0.2, 0.25) is 10.0 Å². The highest BCUT2D eigenvalue weighted by Crippen LogP contribution is 2.22. The molecule has 6 heteroatoms. The summed E-state index contributed by atoms with van der Waals surface area (Å²) in [6.07, 6.45) is 1.96. The average molecular weight is 378 g/mol. The van der Waals surface area contributed by atoms with Gasteiger partial charge in [0.25, 0.3) is 0 Å². The minimum atomic E-state index is -3.55. The van der Waals surface area contributed by atoms with Crippen molar-refractivity contribution < 1.29 is 13.2 Å². The van der Waals surface area contributed by atoms with Crippen molar-refractivity contribution in [2.45, 2.75) is 24.7 Å². The number of ether oxygens (including phenoxy) is 1. The van der Waals surface area contributed by atoms with Crippen molar-refractivity contribution in [3.8, 4) is 17.6 Å². The minimum Gasteiger partial charge on any atom is -0.479 e. The maximum absolute atomic E-state index is 12.2. The molecule has 0 aliphatic carbocycles. The maximum atomic E-state index is 12.2. The Morgan fingerprint density at radius 3 is 2.48 bits per heavy atom. The third kappa shape index (κ3) is 6.09. The summed E-state index contributed by atoms with van der Waals surface area (Å²) in [7, 11) is -3.55. The fourth-order valence-electron chi connectivity index (χ4n) is 2.13. The van der Waals surface area contributed by atoms with Crippen LogP contribution in [0.3, 0.4) is 0 Å².